The molecule has 152 valence electrons. The number of carbonyl (C=O) groups is 1. The number of benzene rings is 1. The Kier molecular flexibility index (Phi) is 7.04. The van der Waals surface area contributed by atoms with E-state index in [4.69, 9.17) is 4.74 Å². The molecule has 7 heteroatoms. The molecule has 0 atom stereocenters. The Morgan fingerprint density at radius 2 is 1.83 bits per heavy atom. The standard InChI is InChI=1S/C22H26N4O2S/c1-5-16-9-7-10-17(6-2)20(16)26-21(18-11-8-12-23-13-18)24-25-22(26)29-14-19(27)28-15(3)4/h7-13,15H,5-6,14H2,1-4H3. The number of para-hydroxylation sites is 1. The van der Waals surface area contributed by atoms with Gasteiger partial charge < -0.3 is 4.74 Å². The molecular weight excluding hydrogens is 384 g/mol. The zero-order valence-electron chi connectivity index (χ0n) is 17.3. The lowest BCUT2D eigenvalue weighted by molar-refractivity contribution is -0.144. The highest BCUT2D eigenvalue weighted by Gasteiger charge is 2.21. The van der Waals surface area contributed by atoms with E-state index in [1.54, 1.807) is 12.4 Å². The van der Waals surface area contributed by atoms with Gasteiger partial charge in [-0.3, -0.25) is 14.3 Å². The van der Waals surface area contributed by atoms with E-state index in [0.717, 1.165) is 24.1 Å². The largest absolute Gasteiger partial charge is 0.462 e. The molecule has 0 saturated carbocycles. The molecular formula is C22H26N4O2S. The molecule has 0 N–H and O–H groups in total. The summed E-state index contributed by atoms with van der Waals surface area (Å²) in [4.78, 5) is 16.3. The predicted octanol–water partition coefficient (Wildman–Crippen LogP) is 4.50. The monoisotopic (exact) mass is 410 g/mol. The molecule has 0 aliphatic heterocycles. The minimum atomic E-state index is -0.262. The summed E-state index contributed by atoms with van der Waals surface area (Å²) in [6.07, 6.45) is 5.14. The molecule has 0 spiro atoms. The minimum absolute atomic E-state index is 0.139. The third kappa shape index (κ3) is 4.85. The Hall–Kier alpha value is -2.67. The Morgan fingerprint density at radius 1 is 1.10 bits per heavy atom. The van der Waals surface area contributed by atoms with Crippen LogP contribution >= 0.6 is 11.8 Å². The maximum absolute atomic E-state index is 12.1. The van der Waals surface area contributed by atoms with Crippen molar-refractivity contribution >= 4 is 17.7 Å². The smallest absolute Gasteiger partial charge is 0.316 e. The van der Waals surface area contributed by atoms with E-state index in [1.807, 2.05) is 26.0 Å². The SMILES string of the molecule is CCc1cccc(CC)c1-n1c(SCC(=O)OC(C)C)nnc1-c1cccnc1. The van der Waals surface area contributed by atoms with E-state index in [1.165, 1.54) is 22.9 Å². The van der Waals surface area contributed by atoms with Gasteiger partial charge in [0.1, 0.15) is 0 Å². The van der Waals surface area contributed by atoms with Gasteiger partial charge in [-0.1, -0.05) is 43.8 Å². The predicted molar refractivity (Wildman–Crippen MR) is 115 cm³/mol. The summed E-state index contributed by atoms with van der Waals surface area (Å²) in [6, 6.07) is 10.2. The van der Waals surface area contributed by atoms with Crippen LogP contribution in [0.25, 0.3) is 17.1 Å². The maximum atomic E-state index is 12.1. The highest BCUT2D eigenvalue weighted by molar-refractivity contribution is 7.99. The second-order valence-electron chi connectivity index (χ2n) is 6.84. The number of hydrogen-bond acceptors (Lipinski definition) is 6. The van der Waals surface area contributed by atoms with Crippen LogP contribution < -0.4 is 0 Å². The van der Waals surface area contributed by atoms with E-state index in [9.17, 15) is 4.79 Å². The van der Waals surface area contributed by atoms with E-state index in [2.05, 4.69) is 51.8 Å². The first-order chi connectivity index (χ1) is 14.0. The number of pyridine rings is 1. The fourth-order valence-electron chi connectivity index (χ4n) is 3.17. The summed E-state index contributed by atoms with van der Waals surface area (Å²) in [5, 5.41) is 9.53. The van der Waals surface area contributed by atoms with Crippen molar-refractivity contribution in [3.63, 3.8) is 0 Å². The van der Waals surface area contributed by atoms with Crippen LogP contribution in [0.2, 0.25) is 0 Å². The summed E-state index contributed by atoms with van der Waals surface area (Å²) >= 11 is 1.34. The molecule has 0 unspecified atom stereocenters. The number of hydrogen-bond donors (Lipinski definition) is 0. The van der Waals surface area contributed by atoms with Crippen molar-refractivity contribution in [3.05, 3.63) is 53.9 Å². The van der Waals surface area contributed by atoms with Gasteiger partial charge in [0.15, 0.2) is 11.0 Å². The van der Waals surface area contributed by atoms with Crippen LogP contribution in [0.3, 0.4) is 0 Å². The van der Waals surface area contributed by atoms with Gasteiger partial charge in [-0.25, -0.2) is 0 Å². The number of esters is 1. The van der Waals surface area contributed by atoms with Crippen LogP contribution in [0.5, 0.6) is 0 Å². The molecule has 0 aliphatic rings. The molecule has 3 rings (SSSR count). The van der Waals surface area contributed by atoms with Gasteiger partial charge in [-0.2, -0.15) is 0 Å². The molecule has 2 aromatic heterocycles. The van der Waals surface area contributed by atoms with E-state index >= 15 is 0 Å². The van der Waals surface area contributed by atoms with Crippen molar-refractivity contribution in [2.75, 3.05) is 5.75 Å². The molecule has 0 amide bonds. The second-order valence-corrected chi connectivity index (χ2v) is 7.79. The van der Waals surface area contributed by atoms with Crippen LogP contribution in [-0.2, 0) is 22.4 Å². The maximum Gasteiger partial charge on any atom is 0.316 e. The number of nitrogens with zero attached hydrogens (tertiary/aromatic N) is 4. The van der Waals surface area contributed by atoms with E-state index in [-0.39, 0.29) is 17.8 Å². The Morgan fingerprint density at radius 3 is 2.41 bits per heavy atom. The Labute approximate surface area is 175 Å². The number of carbonyl (C=O) groups excluding carboxylic acids is 1. The van der Waals surface area contributed by atoms with Crippen LogP contribution in [-0.4, -0.2) is 37.6 Å². The van der Waals surface area contributed by atoms with Crippen molar-refractivity contribution < 1.29 is 9.53 Å². The van der Waals surface area contributed by atoms with Crippen molar-refractivity contribution in [1.82, 2.24) is 19.7 Å². The molecule has 2 heterocycles. The first kappa shape index (κ1) is 21.0. The van der Waals surface area contributed by atoms with Crippen LogP contribution in [0.15, 0.2) is 47.9 Å². The number of ether oxygens (including phenoxy) is 1. The summed E-state index contributed by atoms with van der Waals surface area (Å²) < 4.78 is 7.33. The van der Waals surface area contributed by atoms with Gasteiger partial charge in [0.2, 0.25) is 0 Å². The lowest BCUT2D eigenvalue weighted by Gasteiger charge is -2.18. The van der Waals surface area contributed by atoms with Gasteiger partial charge in [-0.15, -0.1) is 10.2 Å². The van der Waals surface area contributed by atoms with Gasteiger partial charge in [-0.05, 0) is 49.9 Å². The van der Waals surface area contributed by atoms with Gasteiger partial charge in [0.25, 0.3) is 0 Å². The first-order valence-corrected chi connectivity index (χ1v) is 10.8. The second kappa shape index (κ2) is 9.69. The quantitative estimate of drug-likeness (QED) is 0.402. The Bertz CT molecular complexity index is 948. The Balaban J connectivity index is 2.11. The lowest BCUT2D eigenvalue weighted by atomic mass is 10.0. The summed E-state index contributed by atoms with van der Waals surface area (Å²) in [5.41, 5.74) is 4.38. The van der Waals surface area contributed by atoms with Gasteiger partial charge >= 0.3 is 5.97 Å². The van der Waals surface area contributed by atoms with E-state index < -0.39 is 0 Å². The summed E-state index contributed by atoms with van der Waals surface area (Å²) in [5.74, 6) is 0.634. The summed E-state index contributed by atoms with van der Waals surface area (Å²) in [7, 11) is 0. The topological polar surface area (TPSA) is 69.9 Å². The van der Waals surface area contributed by atoms with Crippen molar-refractivity contribution in [2.45, 2.75) is 51.8 Å². The minimum Gasteiger partial charge on any atom is -0.462 e. The third-order valence-electron chi connectivity index (χ3n) is 4.43. The van der Waals surface area contributed by atoms with Crippen LogP contribution in [0.4, 0.5) is 0 Å². The molecule has 0 radical (unpaired) electrons. The van der Waals surface area contributed by atoms with Crippen molar-refractivity contribution in [1.29, 1.82) is 0 Å². The number of aromatic nitrogens is 4. The fraction of sp³-hybridized carbons (Fsp3) is 0.364. The van der Waals surface area contributed by atoms with E-state index in [0.29, 0.717) is 11.0 Å². The third-order valence-corrected chi connectivity index (χ3v) is 5.33. The molecule has 1 aromatic carbocycles. The molecule has 0 bridgehead atoms. The van der Waals surface area contributed by atoms with Gasteiger partial charge in [0, 0.05) is 18.0 Å². The first-order valence-electron chi connectivity index (χ1n) is 9.84. The fourth-order valence-corrected chi connectivity index (χ4v) is 3.89. The number of rotatable bonds is 8. The normalized spacial score (nSPS) is 11.1. The molecule has 0 aliphatic carbocycles. The van der Waals surface area contributed by atoms with Gasteiger partial charge in [0.05, 0.1) is 17.5 Å². The molecule has 6 nitrogen and oxygen atoms in total. The molecule has 29 heavy (non-hydrogen) atoms. The van der Waals surface area contributed by atoms with Crippen LogP contribution in [0.1, 0.15) is 38.8 Å². The molecule has 3 aromatic rings. The van der Waals surface area contributed by atoms with Crippen LogP contribution in [0, 0.1) is 0 Å². The number of aryl methyl sites for hydroxylation is 2. The molecule has 0 fully saturated rings. The highest BCUT2D eigenvalue weighted by Crippen LogP contribution is 2.32. The lowest BCUT2D eigenvalue weighted by Crippen LogP contribution is -2.14. The summed E-state index contributed by atoms with van der Waals surface area (Å²) in [6.45, 7) is 7.96. The number of thioether (sulfide) groups is 1. The highest BCUT2D eigenvalue weighted by atomic mass is 32.2. The molecule has 0 saturated heterocycles. The zero-order valence-corrected chi connectivity index (χ0v) is 18.1. The zero-order chi connectivity index (χ0) is 20.8. The average molecular weight is 411 g/mol. The van der Waals surface area contributed by atoms with Crippen molar-refractivity contribution in [3.8, 4) is 17.1 Å². The average Bonchev–Trinajstić information content (AvgIpc) is 3.15. The van der Waals surface area contributed by atoms with Crippen molar-refractivity contribution in [2.24, 2.45) is 0 Å².